The predicted octanol–water partition coefficient (Wildman–Crippen LogP) is 1.08. The van der Waals surface area contributed by atoms with Gasteiger partial charge in [-0.15, -0.1) is 13.2 Å². The summed E-state index contributed by atoms with van der Waals surface area (Å²) in [6.07, 6.45) is -6.41. The van der Waals surface area contributed by atoms with Crippen LogP contribution in [-0.2, 0) is 14.3 Å². The molecule has 0 aliphatic carbocycles. The number of ether oxygens (including phenoxy) is 2. The van der Waals surface area contributed by atoms with Gasteiger partial charge in [0.25, 0.3) is 0 Å². The molecule has 0 N–H and O–H groups in total. The maximum Gasteiger partial charge on any atom is 0.523 e. The molecule has 11 heavy (non-hydrogen) atoms. The number of esters is 1. The molecule has 1 unspecified atom stereocenters. The minimum Gasteiger partial charge on any atom is -0.467 e. The standard InChI is InChI=1S/C5H7F3O3/c1-3(4(9)10-2)11-5(6,7)8/h3H,1-2H3. The summed E-state index contributed by atoms with van der Waals surface area (Å²) < 4.78 is 41.4. The monoisotopic (exact) mass is 172 g/mol. The second-order valence-electron chi connectivity index (χ2n) is 1.73. The second kappa shape index (κ2) is 3.56. The number of carbonyl (C=O) groups excluding carboxylic acids is 1. The van der Waals surface area contributed by atoms with E-state index in [4.69, 9.17) is 0 Å². The smallest absolute Gasteiger partial charge is 0.467 e. The Kier molecular flexibility index (Phi) is 3.31. The number of halogens is 3. The van der Waals surface area contributed by atoms with Crippen molar-refractivity contribution in [1.29, 1.82) is 0 Å². The largest absolute Gasteiger partial charge is 0.523 e. The van der Waals surface area contributed by atoms with Crippen molar-refractivity contribution < 1.29 is 27.4 Å². The molecule has 0 bridgehead atoms. The molecule has 0 amide bonds. The van der Waals surface area contributed by atoms with E-state index in [1.807, 2.05) is 0 Å². The van der Waals surface area contributed by atoms with E-state index in [1.54, 1.807) is 0 Å². The molecule has 0 rings (SSSR count). The zero-order chi connectivity index (χ0) is 9.07. The highest BCUT2D eigenvalue weighted by molar-refractivity contribution is 5.73. The van der Waals surface area contributed by atoms with Crippen molar-refractivity contribution in [2.24, 2.45) is 0 Å². The first-order chi connectivity index (χ1) is 4.87. The molecule has 0 spiro atoms. The molecule has 6 heteroatoms. The van der Waals surface area contributed by atoms with Crippen molar-refractivity contribution >= 4 is 5.97 Å². The number of methoxy groups -OCH3 is 1. The van der Waals surface area contributed by atoms with Gasteiger partial charge in [0.15, 0.2) is 6.10 Å². The van der Waals surface area contributed by atoms with Gasteiger partial charge in [0.1, 0.15) is 0 Å². The van der Waals surface area contributed by atoms with Crippen LogP contribution in [0.15, 0.2) is 0 Å². The molecule has 0 aliphatic rings. The van der Waals surface area contributed by atoms with Crippen LogP contribution >= 0.6 is 0 Å². The summed E-state index contributed by atoms with van der Waals surface area (Å²) in [5, 5.41) is 0. The lowest BCUT2D eigenvalue weighted by atomic mass is 10.4. The van der Waals surface area contributed by atoms with E-state index in [-0.39, 0.29) is 0 Å². The van der Waals surface area contributed by atoms with Crippen LogP contribution in [0.5, 0.6) is 0 Å². The molecule has 0 saturated heterocycles. The highest BCUT2D eigenvalue weighted by atomic mass is 19.4. The lowest BCUT2D eigenvalue weighted by molar-refractivity contribution is -0.337. The Balaban J connectivity index is 3.87. The summed E-state index contributed by atoms with van der Waals surface area (Å²) in [4.78, 5) is 10.3. The van der Waals surface area contributed by atoms with Gasteiger partial charge in [0.05, 0.1) is 7.11 Å². The number of carbonyl (C=O) groups is 1. The third-order valence-corrected chi connectivity index (χ3v) is 0.844. The van der Waals surface area contributed by atoms with Gasteiger partial charge in [-0.25, -0.2) is 4.79 Å². The number of rotatable bonds is 2. The maximum absolute atomic E-state index is 11.4. The van der Waals surface area contributed by atoms with Gasteiger partial charge in [0, 0.05) is 0 Å². The summed E-state index contributed by atoms with van der Waals surface area (Å²) in [7, 11) is 0.985. The molecule has 0 aliphatic heterocycles. The summed E-state index contributed by atoms with van der Waals surface area (Å²) in [5.41, 5.74) is 0. The first-order valence-electron chi connectivity index (χ1n) is 2.69. The van der Waals surface area contributed by atoms with Crippen LogP contribution in [0.1, 0.15) is 6.92 Å². The summed E-state index contributed by atoms with van der Waals surface area (Å²) in [5.74, 6) is -1.05. The van der Waals surface area contributed by atoms with Crippen LogP contribution in [-0.4, -0.2) is 25.5 Å². The zero-order valence-corrected chi connectivity index (χ0v) is 5.94. The normalized spacial score (nSPS) is 14.3. The van der Waals surface area contributed by atoms with Gasteiger partial charge in [-0.2, -0.15) is 0 Å². The molecule has 0 heterocycles. The fourth-order valence-electron chi connectivity index (χ4n) is 0.415. The molecule has 0 aromatic rings. The van der Waals surface area contributed by atoms with E-state index < -0.39 is 18.4 Å². The topological polar surface area (TPSA) is 35.5 Å². The van der Waals surface area contributed by atoms with Crippen LogP contribution in [0.2, 0.25) is 0 Å². The quantitative estimate of drug-likeness (QED) is 0.584. The average molecular weight is 172 g/mol. The van der Waals surface area contributed by atoms with Crippen molar-refractivity contribution in [3.05, 3.63) is 0 Å². The van der Waals surface area contributed by atoms with Gasteiger partial charge in [-0.1, -0.05) is 0 Å². The van der Waals surface area contributed by atoms with E-state index in [9.17, 15) is 18.0 Å². The number of hydrogen-bond acceptors (Lipinski definition) is 3. The summed E-state index contributed by atoms with van der Waals surface area (Å²) in [6, 6.07) is 0. The minimum atomic E-state index is -4.80. The Morgan fingerprint density at radius 3 is 2.18 bits per heavy atom. The fraction of sp³-hybridized carbons (Fsp3) is 0.800. The zero-order valence-electron chi connectivity index (χ0n) is 5.94. The summed E-state index contributed by atoms with van der Waals surface area (Å²) in [6.45, 7) is 0.958. The Morgan fingerprint density at radius 1 is 1.45 bits per heavy atom. The Morgan fingerprint density at radius 2 is 1.91 bits per heavy atom. The Labute approximate surface area is 61.1 Å². The molecule has 0 saturated carbocycles. The van der Waals surface area contributed by atoms with Crippen LogP contribution in [0, 0.1) is 0 Å². The fourth-order valence-corrected chi connectivity index (χ4v) is 0.415. The minimum absolute atomic E-state index is 0.958. The van der Waals surface area contributed by atoms with Gasteiger partial charge < -0.3 is 4.74 Å². The lowest BCUT2D eigenvalue weighted by Crippen LogP contribution is -2.29. The van der Waals surface area contributed by atoms with E-state index in [2.05, 4.69) is 9.47 Å². The second-order valence-corrected chi connectivity index (χ2v) is 1.73. The number of alkyl halides is 3. The van der Waals surface area contributed by atoms with Crippen LogP contribution < -0.4 is 0 Å². The van der Waals surface area contributed by atoms with Crippen molar-refractivity contribution in [2.45, 2.75) is 19.4 Å². The van der Waals surface area contributed by atoms with Crippen molar-refractivity contribution in [3.8, 4) is 0 Å². The molecular weight excluding hydrogens is 165 g/mol. The molecule has 0 aromatic heterocycles. The molecular formula is C5H7F3O3. The molecule has 66 valence electrons. The third-order valence-electron chi connectivity index (χ3n) is 0.844. The molecule has 0 fully saturated rings. The highest BCUT2D eigenvalue weighted by Crippen LogP contribution is 2.18. The van der Waals surface area contributed by atoms with Gasteiger partial charge in [-0.3, -0.25) is 4.74 Å². The highest BCUT2D eigenvalue weighted by Gasteiger charge is 2.34. The Bertz CT molecular complexity index is 142. The third kappa shape index (κ3) is 4.60. The van der Waals surface area contributed by atoms with Crippen molar-refractivity contribution in [1.82, 2.24) is 0 Å². The van der Waals surface area contributed by atoms with E-state index in [0.717, 1.165) is 14.0 Å². The molecule has 3 nitrogen and oxygen atoms in total. The van der Waals surface area contributed by atoms with Gasteiger partial charge >= 0.3 is 12.3 Å². The SMILES string of the molecule is COC(=O)C(C)OC(F)(F)F. The maximum atomic E-state index is 11.4. The Hall–Kier alpha value is -0.780. The van der Waals surface area contributed by atoms with E-state index in [1.165, 1.54) is 0 Å². The van der Waals surface area contributed by atoms with Crippen molar-refractivity contribution in [2.75, 3.05) is 7.11 Å². The predicted molar refractivity (Wildman–Crippen MR) is 28.6 cm³/mol. The lowest BCUT2D eigenvalue weighted by Gasteiger charge is -2.12. The first-order valence-corrected chi connectivity index (χ1v) is 2.69. The van der Waals surface area contributed by atoms with Crippen LogP contribution in [0.25, 0.3) is 0 Å². The van der Waals surface area contributed by atoms with E-state index in [0.29, 0.717) is 0 Å². The molecule has 1 atom stereocenters. The summed E-state index contributed by atoms with van der Waals surface area (Å²) >= 11 is 0. The van der Waals surface area contributed by atoms with Crippen molar-refractivity contribution in [3.63, 3.8) is 0 Å². The van der Waals surface area contributed by atoms with Gasteiger partial charge in [0.2, 0.25) is 0 Å². The average Bonchev–Trinajstić information content (AvgIpc) is 1.82. The number of hydrogen-bond donors (Lipinski definition) is 0. The van der Waals surface area contributed by atoms with Crippen LogP contribution in [0.3, 0.4) is 0 Å². The van der Waals surface area contributed by atoms with Gasteiger partial charge in [-0.05, 0) is 6.92 Å². The molecule has 0 radical (unpaired) electrons. The molecule has 0 aromatic carbocycles. The van der Waals surface area contributed by atoms with Crippen LogP contribution in [0.4, 0.5) is 13.2 Å². The first kappa shape index (κ1) is 10.2. The van der Waals surface area contributed by atoms with E-state index >= 15 is 0 Å².